The van der Waals surface area contributed by atoms with Crippen LogP contribution in [0.2, 0.25) is 0 Å². The predicted octanol–water partition coefficient (Wildman–Crippen LogP) is 1.63. The Morgan fingerprint density at radius 2 is 1.95 bits per heavy atom. The number of hydrogen-bond acceptors (Lipinski definition) is 3. The average molecular weight is 264 g/mol. The van der Waals surface area contributed by atoms with Gasteiger partial charge in [-0.15, -0.1) is 0 Å². The van der Waals surface area contributed by atoms with Gasteiger partial charge in [-0.05, 0) is 36.6 Å². The lowest BCUT2D eigenvalue weighted by molar-refractivity contribution is -0.136. The van der Waals surface area contributed by atoms with Crippen LogP contribution in [0.5, 0.6) is 0 Å². The lowest BCUT2D eigenvalue weighted by atomic mass is 10.1. The summed E-state index contributed by atoms with van der Waals surface area (Å²) in [5, 5.41) is 11.4. The summed E-state index contributed by atoms with van der Waals surface area (Å²) in [7, 11) is 0. The molecule has 0 fully saturated rings. The van der Waals surface area contributed by atoms with Gasteiger partial charge in [0.05, 0.1) is 6.42 Å². The molecule has 1 unspecified atom stereocenters. The molecular weight excluding hydrogens is 244 g/mol. The van der Waals surface area contributed by atoms with Crippen LogP contribution in [0.25, 0.3) is 0 Å². The van der Waals surface area contributed by atoms with Crippen LogP contribution >= 0.6 is 0 Å². The molecule has 4 N–H and O–H groups in total. The Bertz CT molecular complexity index is 429. The molecule has 1 aromatic rings. The summed E-state index contributed by atoms with van der Waals surface area (Å²) in [6.07, 6.45) is 1.19. The summed E-state index contributed by atoms with van der Waals surface area (Å²) in [5.74, 6) is -0.581. The lowest BCUT2D eigenvalue weighted by Crippen LogP contribution is -2.16. The number of aliphatic carboxylic acids is 1. The number of rotatable bonds is 7. The van der Waals surface area contributed by atoms with Gasteiger partial charge in [0, 0.05) is 12.1 Å². The summed E-state index contributed by atoms with van der Waals surface area (Å²) >= 11 is 0. The molecule has 0 radical (unpaired) electrons. The molecule has 0 aliphatic carbocycles. The zero-order valence-corrected chi connectivity index (χ0v) is 11.1. The largest absolute Gasteiger partial charge is 0.481 e. The molecule has 1 atom stereocenters. The molecule has 0 heterocycles. The van der Waals surface area contributed by atoms with Gasteiger partial charge >= 0.3 is 5.97 Å². The molecule has 0 aliphatic heterocycles. The van der Waals surface area contributed by atoms with Crippen molar-refractivity contribution in [3.8, 4) is 0 Å². The molecule has 0 saturated heterocycles. The highest BCUT2D eigenvalue weighted by molar-refractivity contribution is 5.90. The molecular formula is C14H20N2O3. The number of hydrogen-bond donors (Lipinski definition) is 3. The third-order valence-corrected chi connectivity index (χ3v) is 2.86. The highest BCUT2D eigenvalue weighted by atomic mass is 16.4. The van der Waals surface area contributed by atoms with E-state index >= 15 is 0 Å². The molecule has 0 saturated carbocycles. The van der Waals surface area contributed by atoms with Crippen molar-refractivity contribution < 1.29 is 14.7 Å². The van der Waals surface area contributed by atoms with Crippen LogP contribution in [0, 0.1) is 5.92 Å². The Hall–Kier alpha value is -1.88. The third-order valence-electron chi connectivity index (χ3n) is 2.86. The maximum atomic E-state index is 11.6. The zero-order valence-electron chi connectivity index (χ0n) is 11.1. The summed E-state index contributed by atoms with van der Waals surface area (Å²) in [6, 6.07) is 6.82. The minimum atomic E-state index is -0.868. The molecule has 1 amide bonds. The number of benzene rings is 1. The number of carbonyl (C=O) groups is 2. The fourth-order valence-electron chi connectivity index (χ4n) is 1.60. The van der Waals surface area contributed by atoms with Crippen molar-refractivity contribution in [2.24, 2.45) is 11.7 Å². The number of carboxylic acid groups (broad SMARTS) is 1. The predicted molar refractivity (Wildman–Crippen MR) is 73.9 cm³/mol. The standard InChI is InChI=1S/C14H20N2O3/c1-10(9-15)2-7-13(17)16-12-5-3-11(4-6-12)8-14(18)19/h3-6,10H,2,7-9,15H2,1H3,(H,16,17)(H,18,19). The molecule has 104 valence electrons. The first kappa shape index (κ1) is 15.2. The zero-order chi connectivity index (χ0) is 14.3. The van der Waals surface area contributed by atoms with Gasteiger partial charge in [0.15, 0.2) is 0 Å². The summed E-state index contributed by atoms with van der Waals surface area (Å²) in [4.78, 5) is 22.2. The number of nitrogens with two attached hydrogens (primary N) is 1. The van der Waals surface area contributed by atoms with Crippen molar-refractivity contribution in [1.82, 2.24) is 0 Å². The van der Waals surface area contributed by atoms with E-state index in [1.54, 1.807) is 24.3 Å². The van der Waals surface area contributed by atoms with Gasteiger partial charge in [-0.2, -0.15) is 0 Å². The van der Waals surface area contributed by atoms with E-state index < -0.39 is 5.97 Å². The second-order valence-corrected chi connectivity index (χ2v) is 4.70. The van der Waals surface area contributed by atoms with Crippen LogP contribution in [-0.2, 0) is 16.0 Å². The van der Waals surface area contributed by atoms with Gasteiger partial charge in [-0.3, -0.25) is 9.59 Å². The highest BCUT2D eigenvalue weighted by Crippen LogP contribution is 2.11. The topological polar surface area (TPSA) is 92.4 Å². The second kappa shape index (κ2) is 7.53. The van der Waals surface area contributed by atoms with Crippen molar-refractivity contribution in [2.45, 2.75) is 26.2 Å². The molecule has 5 heteroatoms. The van der Waals surface area contributed by atoms with E-state index in [9.17, 15) is 9.59 Å². The first-order valence-electron chi connectivity index (χ1n) is 6.32. The molecule has 1 aromatic carbocycles. The first-order chi connectivity index (χ1) is 9.01. The Balaban J connectivity index is 2.44. The molecule has 1 rings (SSSR count). The van der Waals surface area contributed by atoms with E-state index in [0.29, 0.717) is 30.1 Å². The van der Waals surface area contributed by atoms with Crippen molar-refractivity contribution in [2.75, 3.05) is 11.9 Å². The number of carboxylic acids is 1. The van der Waals surface area contributed by atoms with Gasteiger partial charge in [-0.1, -0.05) is 19.1 Å². The Labute approximate surface area is 112 Å². The van der Waals surface area contributed by atoms with Crippen LogP contribution in [0.4, 0.5) is 5.69 Å². The SMILES string of the molecule is CC(CN)CCC(=O)Nc1ccc(CC(=O)O)cc1. The van der Waals surface area contributed by atoms with E-state index in [1.807, 2.05) is 6.92 Å². The number of anilines is 1. The summed E-state index contributed by atoms with van der Waals surface area (Å²) in [6.45, 7) is 2.59. The maximum absolute atomic E-state index is 11.6. The molecule has 0 bridgehead atoms. The molecule has 19 heavy (non-hydrogen) atoms. The Morgan fingerprint density at radius 3 is 2.47 bits per heavy atom. The van der Waals surface area contributed by atoms with E-state index in [0.717, 1.165) is 6.42 Å². The van der Waals surface area contributed by atoms with E-state index in [4.69, 9.17) is 10.8 Å². The van der Waals surface area contributed by atoms with Crippen molar-refractivity contribution in [3.63, 3.8) is 0 Å². The fraction of sp³-hybridized carbons (Fsp3) is 0.429. The van der Waals surface area contributed by atoms with Crippen LogP contribution in [0.3, 0.4) is 0 Å². The smallest absolute Gasteiger partial charge is 0.307 e. The lowest BCUT2D eigenvalue weighted by Gasteiger charge is -2.09. The summed E-state index contributed by atoms with van der Waals surface area (Å²) < 4.78 is 0. The van der Waals surface area contributed by atoms with E-state index in [2.05, 4.69) is 5.32 Å². The van der Waals surface area contributed by atoms with Crippen LogP contribution in [-0.4, -0.2) is 23.5 Å². The van der Waals surface area contributed by atoms with Gasteiger partial charge in [0.2, 0.25) is 5.91 Å². The van der Waals surface area contributed by atoms with Crippen molar-refractivity contribution >= 4 is 17.6 Å². The first-order valence-corrected chi connectivity index (χ1v) is 6.32. The summed E-state index contributed by atoms with van der Waals surface area (Å²) in [5.41, 5.74) is 6.88. The van der Waals surface area contributed by atoms with Gasteiger partial charge < -0.3 is 16.2 Å². The van der Waals surface area contributed by atoms with Crippen LogP contribution in [0.1, 0.15) is 25.3 Å². The van der Waals surface area contributed by atoms with E-state index in [1.165, 1.54) is 0 Å². The van der Waals surface area contributed by atoms with Gasteiger partial charge in [0.1, 0.15) is 0 Å². The van der Waals surface area contributed by atoms with E-state index in [-0.39, 0.29) is 12.3 Å². The van der Waals surface area contributed by atoms with Crippen molar-refractivity contribution in [3.05, 3.63) is 29.8 Å². The van der Waals surface area contributed by atoms with Gasteiger partial charge in [0.25, 0.3) is 0 Å². The normalized spacial score (nSPS) is 11.9. The highest BCUT2D eigenvalue weighted by Gasteiger charge is 2.06. The quantitative estimate of drug-likeness (QED) is 0.697. The van der Waals surface area contributed by atoms with Gasteiger partial charge in [-0.25, -0.2) is 0 Å². The Kier molecular flexibility index (Phi) is 6.02. The number of amides is 1. The number of nitrogens with one attached hydrogen (secondary N) is 1. The van der Waals surface area contributed by atoms with Crippen LogP contribution in [0.15, 0.2) is 24.3 Å². The van der Waals surface area contributed by atoms with Crippen LogP contribution < -0.4 is 11.1 Å². The molecule has 0 spiro atoms. The van der Waals surface area contributed by atoms with Crippen molar-refractivity contribution in [1.29, 1.82) is 0 Å². The molecule has 0 aliphatic rings. The Morgan fingerprint density at radius 1 is 1.32 bits per heavy atom. The maximum Gasteiger partial charge on any atom is 0.307 e. The number of carbonyl (C=O) groups excluding carboxylic acids is 1. The molecule has 0 aromatic heterocycles. The monoisotopic (exact) mass is 264 g/mol. The molecule has 5 nitrogen and oxygen atoms in total. The minimum absolute atomic E-state index is 0.0117. The average Bonchev–Trinajstić information content (AvgIpc) is 2.37. The minimum Gasteiger partial charge on any atom is -0.481 e. The second-order valence-electron chi connectivity index (χ2n) is 4.70. The fourth-order valence-corrected chi connectivity index (χ4v) is 1.60. The third kappa shape index (κ3) is 6.01.